The van der Waals surface area contributed by atoms with Crippen LogP contribution in [0.2, 0.25) is 0 Å². The van der Waals surface area contributed by atoms with Crippen LogP contribution in [0.3, 0.4) is 0 Å². The molecule has 216 valence electrons. The summed E-state index contributed by atoms with van der Waals surface area (Å²) in [7, 11) is -4.74. The Balaban J connectivity index is 1.45. The van der Waals surface area contributed by atoms with Gasteiger partial charge in [0.1, 0.15) is 17.2 Å². The number of rotatable bonds is 10. The molecule has 2 aromatic heterocycles. The maximum atomic E-state index is 15.1. The number of carbonyl (C=O) groups excluding carboxylic acids is 2. The van der Waals surface area contributed by atoms with Gasteiger partial charge < -0.3 is 10.6 Å². The van der Waals surface area contributed by atoms with Crippen molar-refractivity contribution in [3.05, 3.63) is 53.6 Å². The number of amides is 2. The molecule has 0 radical (unpaired) electrons. The molecule has 0 spiro atoms. The lowest BCUT2D eigenvalue weighted by atomic mass is 10.0. The van der Waals surface area contributed by atoms with Gasteiger partial charge in [-0.3, -0.25) is 9.59 Å². The van der Waals surface area contributed by atoms with Gasteiger partial charge in [-0.05, 0) is 47.0 Å². The number of sulfone groups is 1. The van der Waals surface area contributed by atoms with Crippen molar-refractivity contribution in [2.24, 2.45) is 0 Å². The molecular weight excluding hydrogens is 590 g/mol. The van der Waals surface area contributed by atoms with E-state index < -0.39 is 57.6 Å². The number of hydrogen-bond donors (Lipinski definition) is 2. The third kappa shape index (κ3) is 6.84. The number of alkyl halides is 3. The van der Waals surface area contributed by atoms with Crippen molar-refractivity contribution < 1.29 is 35.6 Å². The monoisotopic (exact) mass is 611 g/mol. The molecule has 2 amide bonds. The molecule has 5 rings (SSSR count). The summed E-state index contributed by atoms with van der Waals surface area (Å²) in [6.45, 7) is -0.565. The smallest absolute Gasteiger partial charge is 0.352 e. The molecule has 0 aliphatic heterocycles. The minimum Gasteiger partial charge on any atom is -0.352 e. The molecule has 4 aromatic rings. The first-order valence-electron chi connectivity index (χ1n) is 12.2. The lowest BCUT2D eigenvalue weighted by Crippen LogP contribution is -2.41. The van der Waals surface area contributed by atoms with E-state index in [1.165, 1.54) is 17.1 Å². The van der Waals surface area contributed by atoms with E-state index in [9.17, 15) is 31.2 Å². The van der Waals surface area contributed by atoms with Crippen molar-refractivity contribution in [2.75, 3.05) is 12.3 Å². The van der Waals surface area contributed by atoms with Gasteiger partial charge in [-0.1, -0.05) is 12.1 Å². The molecule has 1 fully saturated rings. The van der Waals surface area contributed by atoms with Crippen LogP contribution in [-0.2, 0) is 19.4 Å². The van der Waals surface area contributed by atoms with E-state index in [0.717, 1.165) is 30.2 Å². The third-order valence-electron chi connectivity index (χ3n) is 6.14. The summed E-state index contributed by atoms with van der Waals surface area (Å²) in [5, 5.41) is 13.2. The van der Waals surface area contributed by atoms with Crippen LogP contribution in [0.5, 0.6) is 0 Å². The average molecular weight is 612 g/mol. The zero-order chi connectivity index (χ0) is 29.4. The highest BCUT2D eigenvalue weighted by Gasteiger charge is 2.40. The lowest BCUT2D eigenvalue weighted by Gasteiger charge is -2.16. The Bertz CT molecular complexity index is 1690. The van der Waals surface area contributed by atoms with Gasteiger partial charge in [0, 0.05) is 17.7 Å². The van der Waals surface area contributed by atoms with Crippen molar-refractivity contribution in [3.8, 4) is 16.8 Å². The Morgan fingerprint density at radius 3 is 2.51 bits per heavy atom. The summed E-state index contributed by atoms with van der Waals surface area (Å²) in [5.74, 6) is -3.82. The number of fused-ring (bicyclic) bond motifs is 1. The van der Waals surface area contributed by atoms with E-state index in [1.54, 1.807) is 24.3 Å². The number of nitrogens with zero attached hydrogens (tertiary/aromatic N) is 5. The van der Waals surface area contributed by atoms with Gasteiger partial charge in [0.15, 0.2) is 15.1 Å². The number of benzene rings is 2. The Labute approximate surface area is 233 Å². The maximum absolute atomic E-state index is 15.1. The summed E-state index contributed by atoms with van der Waals surface area (Å²) in [6.07, 6.45) is -3.52. The average Bonchev–Trinajstić information content (AvgIpc) is 3.38. The SMILES string of the molecule is O=C(CNC(=O)C(c1nc2cc(F)c(-c3ccc(-n4cnnn4)cc3)cc2s1)S(=O)(=O)CCC(F)(F)F)NC1CC1. The molecule has 17 heteroatoms. The highest BCUT2D eigenvalue weighted by Crippen LogP contribution is 2.36. The molecule has 1 atom stereocenters. The van der Waals surface area contributed by atoms with Crippen LogP contribution >= 0.6 is 11.3 Å². The van der Waals surface area contributed by atoms with Gasteiger partial charge in [0.2, 0.25) is 11.8 Å². The van der Waals surface area contributed by atoms with Gasteiger partial charge >= 0.3 is 6.18 Å². The minimum absolute atomic E-state index is 0.0187. The molecule has 2 aromatic carbocycles. The van der Waals surface area contributed by atoms with Gasteiger partial charge in [-0.2, -0.15) is 13.2 Å². The van der Waals surface area contributed by atoms with Crippen LogP contribution in [0.25, 0.3) is 27.0 Å². The van der Waals surface area contributed by atoms with E-state index in [4.69, 9.17) is 0 Å². The second-order valence-corrected chi connectivity index (χ2v) is 12.6. The normalized spacial score (nSPS) is 14.6. The Kier molecular flexibility index (Phi) is 7.74. The largest absolute Gasteiger partial charge is 0.390 e. The highest BCUT2D eigenvalue weighted by molar-refractivity contribution is 7.92. The number of carbonyl (C=O) groups is 2. The summed E-state index contributed by atoms with van der Waals surface area (Å²) in [4.78, 5) is 29.1. The molecule has 11 nitrogen and oxygen atoms in total. The number of aromatic nitrogens is 5. The van der Waals surface area contributed by atoms with Gasteiger partial charge in [0.25, 0.3) is 0 Å². The number of tetrazole rings is 1. The molecule has 1 aliphatic rings. The van der Waals surface area contributed by atoms with E-state index in [-0.39, 0.29) is 22.1 Å². The number of halogens is 4. The van der Waals surface area contributed by atoms with Crippen molar-refractivity contribution in [2.45, 2.75) is 36.7 Å². The number of thiazole rings is 1. The predicted molar refractivity (Wildman–Crippen MR) is 139 cm³/mol. The Hall–Kier alpha value is -3.99. The number of nitrogens with one attached hydrogen (secondary N) is 2. The van der Waals surface area contributed by atoms with E-state index in [2.05, 4.69) is 31.1 Å². The zero-order valence-corrected chi connectivity index (χ0v) is 22.6. The van der Waals surface area contributed by atoms with Crippen LogP contribution < -0.4 is 10.6 Å². The molecule has 2 heterocycles. The van der Waals surface area contributed by atoms with Crippen LogP contribution in [0, 0.1) is 5.82 Å². The molecule has 2 N–H and O–H groups in total. The first kappa shape index (κ1) is 28.5. The lowest BCUT2D eigenvalue weighted by molar-refractivity contribution is -0.130. The molecule has 0 saturated heterocycles. The topological polar surface area (TPSA) is 149 Å². The van der Waals surface area contributed by atoms with E-state index in [1.807, 2.05) is 0 Å². The van der Waals surface area contributed by atoms with Crippen molar-refractivity contribution in [1.29, 1.82) is 0 Å². The summed E-state index contributed by atoms with van der Waals surface area (Å²) in [6, 6.07) is 9.00. The molecule has 1 unspecified atom stereocenters. The van der Waals surface area contributed by atoms with Gasteiger partial charge in [0.05, 0.1) is 34.6 Å². The fraction of sp³-hybridized carbons (Fsp3) is 0.333. The maximum Gasteiger partial charge on any atom is 0.390 e. The second-order valence-electron chi connectivity index (χ2n) is 9.32. The Morgan fingerprint density at radius 2 is 1.88 bits per heavy atom. The summed E-state index contributed by atoms with van der Waals surface area (Å²) >= 11 is 0.737. The van der Waals surface area contributed by atoms with Crippen molar-refractivity contribution in [1.82, 2.24) is 35.8 Å². The molecule has 0 bridgehead atoms. The first-order chi connectivity index (χ1) is 19.4. The summed E-state index contributed by atoms with van der Waals surface area (Å²) in [5.41, 5.74) is 1.24. The highest BCUT2D eigenvalue weighted by atomic mass is 32.2. The standard InChI is InChI=1S/C24H21F4N7O4S2/c25-17-10-18-19(9-16(17)13-1-5-15(6-2-13)35-12-30-33-34-35)40-23(32-18)21(41(38,39)8-7-24(26,27)28)22(37)29-11-20(36)31-14-3-4-14/h1-2,5-6,9-10,12,14,21H,3-4,7-8,11H2,(H,29,37)(H,31,36). The molecule has 1 aliphatic carbocycles. The first-order valence-corrected chi connectivity index (χ1v) is 14.7. The van der Waals surface area contributed by atoms with Gasteiger partial charge in [-0.15, -0.1) is 16.4 Å². The van der Waals surface area contributed by atoms with Crippen molar-refractivity contribution >= 4 is 43.2 Å². The number of hydrogen-bond acceptors (Lipinski definition) is 9. The fourth-order valence-electron chi connectivity index (χ4n) is 3.94. The molecular formula is C24H21F4N7O4S2. The van der Waals surface area contributed by atoms with Crippen LogP contribution in [0.15, 0.2) is 42.7 Å². The van der Waals surface area contributed by atoms with Crippen molar-refractivity contribution in [3.63, 3.8) is 0 Å². The fourth-order valence-corrected chi connectivity index (χ4v) is 7.02. The molecule has 41 heavy (non-hydrogen) atoms. The van der Waals surface area contributed by atoms with Crippen LogP contribution in [-0.4, -0.2) is 69.9 Å². The third-order valence-corrected chi connectivity index (χ3v) is 9.30. The summed E-state index contributed by atoms with van der Waals surface area (Å²) < 4.78 is 81.5. The quantitative estimate of drug-likeness (QED) is 0.260. The van der Waals surface area contributed by atoms with Crippen LogP contribution in [0.1, 0.15) is 29.5 Å². The predicted octanol–water partition coefficient (Wildman–Crippen LogP) is 2.88. The van der Waals surface area contributed by atoms with E-state index >= 15 is 4.39 Å². The van der Waals surface area contributed by atoms with Gasteiger partial charge in [-0.25, -0.2) is 22.5 Å². The molecule has 1 saturated carbocycles. The van der Waals surface area contributed by atoms with E-state index in [0.29, 0.717) is 16.0 Å². The minimum atomic E-state index is -4.79. The zero-order valence-electron chi connectivity index (χ0n) is 20.9. The second kappa shape index (κ2) is 11.1. The Morgan fingerprint density at radius 1 is 1.15 bits per heavy atom. The van der Waals surface area contributed by atoms with Crippen LogP contribution in [0.4, 0.5) is 17.6 Å².